The van der Waals surface area contributed by atoms with Crippen LogP contribution in [0.3, 0.4) is 0 Å². The third kappa shape index (κ3) is 3.29. The van der Waals surface area contributed by atoms with Gasteiger partial charge in [-0.05, 0) is 43.4 Å². The number of aromatic nitrogens is 2. The van der Waals surface area contributed by atoms with Gasteiger partial charge in [0.15, 0.2) is 0 Å². The monoisotopic (exact) mass is 365 g/mol. The van der Waals surface area contributed by atoms with Crippen molar-refractivity contribution in [3.8, 4) is 11.3 Å². The average molecular weight is 365 g/mol. The van der Waals surface area contributed by atoms with E-state index >= 15 is 0 Å². The number of carbonyl (C=O) groups is 1. The van der Waals surface area contributed by atoms with Crippen molar-refractivity contribution in [2.24, 2.45) is 7.05 Å². The van der Waals surface area contributed by atoms with E-state index in [4.69, 9.17) is 0 Å². The first-order valence-electron chi connectivity index (χ1n) is 9.57. The van der Waals surface area contributed by atoms with Crippen LogP contribution in [0.25, 0.3) is 22.2 Å². The van der Waals surface area contributed by atoms with Crippen LogP contribution in [0.2, 0.25) is 0 Å². The fourth-order valence-corrected chi connectivity index (χ4v) is 3.72. The number of nitrogens with one attached hydrogen (secondary N) is 2. The summed E-state index contributed by atoms with van der Waals surface area (Å²) in [6.45, 7) is 6.53. The third-order valence-electron chi connectivity index (χ3n) is 5.34. The fourth-order valence-electron chi connectivity index (χ4n) is 3.72. The lowest BCUT2D eigenvalue weighted by Crippen LogP contribution is -2.49. The second-order valence-electron chi connectivity index (χ2n) is 7.01. The number of hydrogen-bond acceptors (Lipinski definition) is 2. The molecule has 1 aromatic carbocycles. The molecule has 1 atom stereocenters. The quantitative estimate of drug-likeness (QED) is 0.727. The first-order valence-corrected chi connectivity index (χ1v) is 9.57. The molecule has 0 bridgehead atoms. The Labute approximate surface area is 159 Å². The van der Waals surface area contributed by atoms with E-state index in [1.807, 2.05) is 52.2 Å². The lowest BCUT2D eigenvalue weighted by atomic mass is 9.76. The molecule has 1 amide bonds. The Hall–Kier alpha value is -2.82. The molecule has 1 saturated heterocycles. The molecule has 4 rings (SSSR count). The van der Waals surface area contributed by atoms with Crippen LogP contribution in [0, 0.1) is 0 Å². The molecule has 0 aliphatic carbocycles. The molecule has 1 aliphatic heterocycles. The number of rotatable bonds is 2. The number of nitrogens with zero attached hydrogens (tertiary/aromatic N) is 1. The van der Waals surface area contributed by atoms with Crippen LogP contribution in [0.15, 0.2) is 47.4 Å². The minimum Gasteiger partial charge on any atom is -0.355 e. The lowest BCUT2D eigenvalue weighted by Gasteiger charge is -2.32. The van der Waals surface area contributed by atoms with Crippen LogP contribution in [-0.2, 0) is 17.3 Å². The Balaban J connectivity index is 0.00000102. The van der Waals surface area contributed by atoms with Crippen molar-refractivity contribution >= 4 is 16.8 Å². The van der Waals surface area contributed by atoms with Gasteiger partial charge in [0.2, 0.25) is 5.91 Å². The van der Waals surface area contributed by atoms with E-state index < -0.39 is 5.41 Å². The minimum absolute atomic E-state index is 0.0674. The summed E-state index contributed by atoms with van der Waals surface area (Å²) in [4.78, 5) is 28.0. The normalized spacial score (nSPS) is 19.3. The Kier molecular flexibility index (Phi) is 5.22. The van der Waals surface area contributed by atoms with Gasteiger partial charge < -0.3 is 14.9 Å². The van der Waals surface area contributed by atoms with Crippen molar-refractivity contribution in [3.05, 3.63) is 58.5 Å². The molecule has 0 saturated carbocycles. The van der Waals surface area contributed by atoms with Crippen LogP contribution in [-0.4, -0.2) is 22.0 Å². The molecule has 3 heterocycles. The Bertz CT molecular complexity index is 1030. The maximum atomic E-state index is 12.7. The molecule has 2 aromatic heterocycles. The van der Waals surface area contributed by atoms with E-state index in [0.717, 1.165) is 28.6 Å². The summed E-state index contributed by atoms with van der Waals surface area (Å²) >= 11 is 0. The number of piperidine rings is 1. The Morgan fingerprint density at radius 1 is 1.07 bits per heavy atom. The second-order valence-corrected chi connectivity index (χ2v) is 7.01. The highest BCUT2D eigenvalue weighted by atomic mass is 16.2. The molecule has 3 aromatic rings. The van der Waals surface area contributed by atoms with Crippen LogP contribution < -0.4 is 10.9 Å². The highest BCUT2D eigenvalue weighted by molar-refractivity contribution is 5.88. The molecule has 0 spiro atoms. The predicted octanol–water partition coefficient (Wildman–Crippen LogP) is 3.73. The Morgan fingerprint density at radius 3 is 2.56 bits per heavy atom. The summed E-state index contributed by atoms with van der Waals surface area (Å²) in [5, 5.41) is 4.04. The number of carbonyl (C=O) groups excluding carboxylic acids is 1. The predicted molar refractivity (Wildman–Crippen MR) is 110 cm³/mol. The van der Waals surface area contributed by atoms with Crippen molar-refractivity contribution in [1.82, 2.24) is 14.9 Å². The molecule has 5 nitrogen and oxygen atoms in total. The molecular weight excluding hydrogens is 338 g/mol. The SMILES string of the molecule is CC.Cn1ccc2ccc(-c3ccc([C@@]4(C)CCCNC4=O)c(=O)[nH]3)cc21. The maximum absolute atomic E-state index is 12.7. The standard InChI is InChI=1S/C20H21N3O2.C2H6/c1-20(9-3-10-21-19(20)25)15-6-7-16(22-18(15)24)14-5-4-13-8-11-23(2)17(13)12-14;1-2/h4-8,11-12H,3,9-10H2,1-2H3,(H,21,25)(H,22,24);1-2H3/t20-;/m1./s1. The number of aromatic amines is 1. The summed E-state index contributed by atoms with van der Waals surface area (Å²) in [5.74, 6) is -0.0674. The number of pyridine rings is 1. The van der Waals surface area contributed by atoms with E-state index in [9.17, 15) is 9.59 Å². The molecule has 5 heteroatoms. The molecular formula is C22H27N3O2. The van der Waals surface area contributed by atoms with Crippen LogP contribution >= 0.6 is 0 Å². The van der Waals surface area contributed by atoms with Crippen LogP contribution in [0.5, 0.6) is 0 Å². The molecule has 27 heavy (non-hydrogen) atoms. The fraction of sp³-hybridized carbons (Fsp3) is 0.364. The van der Waals surface area contributed by atoms with E-state index in [1.54, 1.807) is 6.07 Å². The smallest absolute Gasteiger partial charge is 0.252 e. The summed E-state index contributed by atoms with van der Waals surface area (Å²) < 4.78 is 2.05. The number of amides is 1. The minimum atomic E-state index is -0.758. The zero-order chi connectivity index (χ0) is 19.6. The highest BCUT2D eigenvalue weighted by Gasteiger charge is 2.39. The van der Waals surface area contributed by atoms with Crippen LogP contribution in [0.1, 0.15) is 39.2 Å². The lowest BCUT2D eigenvalue weighted by molar-refractivity contribution is -0.128. The first kappa shape index (κ1) is 19.0. The zero-order valence-corrected chi connectivity index (χ0v) is 16.4. The molecule has 1 fully saturated rings. The molecule has 142 valence electrons. The van der Waals surface area contributed by atoms with Crippen molar-refractivity contribution in [1.29, 1.82) is 0 Å². The van der Waals surface area contributed by atoms with Gasteiger partial charge in [-0.25, -0.2) is 0 Å². The zero-order valence-electron chi connectivity index (χ0n) is 16.4. The Morgan fingerprint density at radius 2 is 1.85 bits per heavy atom. The summed E-state index contributed by atoms with van der Waals surface area (Å²) in [5.41, 5.74) is 2.42. The molecule has 0 radical (unpaired) electrons. The number of hydrogen-bond donors (Lipinski definition) is 2. The van der Waals surface area contributed by atoms with E-state index in [2.05, 4.69) is 27.0 Å². The highest BCUT2D eigenvalue weighted by Crippen LogP contribution is 2.30. The van der Waals surface area contributed by atoms with Crippen molar-refractivity contribution < 1.29 is 4.79 Å². The molecule has 0 unspecified atom stereocenters. The van der Waals surface area contributed by atoms with Crippen molar-refractivity contribution in [2.45, 2.75) is 39.0 Å². The first-order chi connectivity index (χ1) is 13.0. The van der Waals surface area contributed by atoms with Crippen molar-refractivity contribution in [3.63, 3.8) is 0 Å². The maximum Gasteiger partial charge on any atom is 0.252 e. The summed E-state index contributed by atoms with van der Waals surface area (Å²) in [6, 6.07) is 11.9. The van der Waals surface area contributed by atoms with E-state index in [-0.39, 0.29) is 11.5 Å². The third-order valence-corrected chi connectivity index (χ3v) is 5.34. The van der Waals surface area contributed by atoms with Gasteiger partial charge in [0.1, 0.15) is 0 Å². The van der Waals surface area contributed by atoms with Gasteiger partial charge >= 0.3 is 0 Å². The van der Waals surface area contributed by atoms with Gasteiger partial charge in [-0.15, -0.1) is 0 Å². The number of H-pyrrole nitrogens is 1. The van der Waals surface area contributed by atoms with Crippen molar-refractivity contribution in [2.75, 3.05) is 6.54 Å². The van der Waals surface area contributed by atoms with E-state index in [1.165, 1.54) is 0 Å². The summed E-state index contributed by atoms with van der Waals surface area (Å²) in [6.07, 6.45) is 3.59. The van der Waals surface area contributed by atoms with E-state index in [0.29, 0.717) is 18.5 Å². The topological polar surface area (TPSA) is 66.9 Å². The van der Waals surface area contributed by atoms with Gasteiger partial charge in [0.25, 0.3) is 5.56 Å². The van der Waals surface area contributed by atoms with Gasteiger partial charge in [-0.3, -0.25) is 9.59 Å². The summed E-state index contributed by atoms with van der Waals surface area (Å²) in [7, 11) is 2.00. The number of fused-ring (bicyclic) bond motifs is 1. The molecule has 1 aliphatic rings. The largest absolute Gasteiger partial charge is 0.355 e. The number of benzene rings is 1. The second kappa shape index (κ2) is 7.43. The van der Waals surface area contributed by atoms with Gasteiger partial charge in [0.05, 0.1) is 5.41 Å². The number of aryl methyl sites for hydroxylation is 1. The van der Waals surface area contributed by atoms with Crippen LogP contribution in [0.4, 0.5) is 0 Å². The van der Waals surface area contributed by atoms with Gasteiger partial charge in [-0.2, -0.15) is 0 Å². The molecule has 2 N–H and O–H groups in total. The van der Waals surface area contributed by atoms with Gasteiger partial charge in [-0.1, -0.05) is 32.0 Å². The van der Waals surface area contributed by atoms with Gasteiger partial charge in [0, 0.05) is 42.1 Å². The average Bonchev–Trinajstić information content (AvgIpc) is 3.06.